The van der Waals surface area contributed by atoms with Crippen molar-refractivity contribution in [1.82, 2.24) is 9.47 Å². The standard InChI is InChI=1S/C17H18Cl2N2O/c18-10-7-12(19)15-11-3-5-20-4-1-2-9-6-14(22)21(13(15)8-10)17(11)16(9)20/h7-9,14,16,22H,1-6H2/t9-,14?,16-/m1/s1. The Balaban J connectivity index is 1.88. The summed E-state index contributed by atoms with van der Waals surface area (Å²) >= 11 is 12.7. The minimum absolute atomic E-state index is 0.447. The fourth-order valence-corrected chi connectivity index (χ4v) is 5.62. The van der Waals surface area contributed by atoms with E-state index in [9.17, 15) is 5.11 Å². The smallest absolute Gasteiger partial charge is 0.131 e. The van der Waals surface area contributed by atoms with E-state index in [1.54, 1.807) is 0 Å². The monoisotopic (exact) mass is 336 g/mol. The van der Waals surface area contributed by atoms with Crippen molar-refractivity contribution in [1.29, 1.82) is 0 Å². The quantitative estimate of drug-likeness (QED) is 0.782. The first-order valence-electron chi connectivity index (χ1n) is 8.09. The Labute approximate surface area is 139 Å². The lowest BCUT2D eigenvalue weighted by molar-refractivity contribution is -0.0148. The largest absolute Gasteiger partial charge is 0.373 e. The molecule has 22 heavy (non-hydrogen) atoms. The molecule has 1 aromatic heterocycles. The molecule has 3 atom stereocenters. The number of nitrogens with zero attached hydrogens (tertiary/aromatic N) is 2. The van der Waals surface area contributed by atoms with Crippen LogP contribution in [0.5, 0.6) is 0 Å². The van der Waals surface area contributed by atoms with E-state index in [0.717, 1.165) is 30.3 Å². The van der Waals surface area contributed by atoms with Crippen LogP contribution in [0.2, 0.25) is 10.0 Å². The van der Waals surface area contributed by atoms with Crippen molar-refractivity contribution in [2.75, 3.05) is 13.1 Å². The van der Waals surface area contributed by atoms with Crippen molar-refractivity contribution in [3.05, 3.63) is 33.4 Å². The van der Waals surface area contributed by atoms with E-state index in [-0.39, 0.29) is 0 Å². The molecule has 0 aliphatic carbocycles. The molecule has 1 N–H and O–H groups in total. The second kappa shape index (κ2) is 4.64. The number of hydrogen-bond donors (Lipinski definition) is 1. The Kier molecular flexibility index (Phi) is 2.88. The van der Waals surface area contributed by atoms with Gasteiger partial charge in [0.2, 0.25) is 0 Å². The Morgan fingerprint density at radius 3 is 2.91 bits per heavy atom. The highest BCUT2D eigenvalue weighted by atomic mass is 35.5. The summed E-state index contributed by atoms with van der Waals surface area (Å²) in [4.78, 5) is 2.60. The van der Waals surface area contributed by atoms with Crippen molar-refractivity contribution in [2.24, 2.45) is 5.92 Å². The molecule has 0 amide bonds. The number of halogens is 2. The average molecular weight is 337 g/mol. The van der Waals surface area contributed by atoms with Crippen LogP contribution < -0.4 is 0 Å². The third kappa shape index (κ3) is 1.66. The zero-order valence-corrected chi connectivity index (χ0v) is 13.7. The first-order valence-corrected chi connectivity index (χ1v) is 8.84. The van der Waals surface area contributed by atoms with Crippen LogP contribution in [0.1, 0.15) is 42.8 Å². The molecule has 1 aromatic carbocycles. The van der Waals surface area contributed by atoms with Crippen LogP contribution in [0.25, 0.3) is 10.9 Å². The van der Waals surface area contributed by atoms with Gasteiger partial charge in [-0.3, -0.25) is 4.90 Å². The third-order valence-electron chi connectivity index (χ3n) is 5.77. The van der Waals surface area contributed by atoms with E-state index in [1.807, 2.05) is 12.1 Å². The molecular weight excluding hydrogens is 319 g/mol. The van der Waals surface area contributed by atoms with Crippen molar-refractivity contribution >= 4 is 34.1 Å². The van der Waals surface area contributed by atoms with Gasteiger partial charge in [0, 0.05) is 22.6 Å². The number of aromatic nitrogens is 1. The van der Waals surface area contributed by atoms with Gasteiger partial charge in [-0.1, -0.05) is 23.2 Å². The highest BCUT2D eigenvalue weighted by Crippen LogP contribution is 2.52. The first kappa shape index (κ1) is 13.7. The van der Waals surface area contributed by atoms with Crippen molar-refractivity contribution in [3.63, 3.8) is 0 Å². The number of fused-ring (bicyclic) bond motifs is 3. The maximum Gasteiger partial charge on any atom is 0.131 e. The second-order valence-electron chi connectivity index (χ2n) is 6.86. The number of benzene rings is 1. The molecule has 1 fully saturated rings. The molecule has 1 saturated heterocycles. The van der Waals surface area contributed by atoms with Gasteiger partial charge in [-0.2, -0.15) is 0 Å². The molecule has 3 aliphatic rings. The predicted octanol–water partition coefficient (Wildman–Crippen LogP) is 4.15. The summed E-state index contributed by atoms with van der Waals surface area (Å²) in [7, 11) is 0. The molecular formula is C17H18Cl2N2O. The predicted molar refractivity (Wildman–Crippen MR) is 88.6 cm³/mol. The molecule has 0 spiro atoms. The highest BCUT2D eigenvalue weighted by Gasteiger charge is 2.44. The second-order valence-corrected chi connectivity index (χ2v) is 7.71. The van der Waals surface area contributed by atoms with Crippen LogP contribution >= 0.6 is 23.2 Å². The Morgan fingerprint density at radius 2 is 2.05 bits per heavy atom. The molecule has 1 unspecified atom stereocenters. The summed E-state index contributed by atoms with van der Waals surface area (Å²) < 4.78 is 2.11. The lowest BCUT2D eigenvalue weighted by Gasteiger charge is -2.48. The van der Waals surface area contributed by atoms with Crippen molar-refractivity contribution < 1.29 is 5.11 Å². The maximum atomic E-state index is 10.8. The van der Waals surface area contributed by atoms with Gasteiger partial charge in [-0.15, -0.1) is 0 Å². The zero-order chi connectivity index (χ0) is 15.0. The lowest BCUT2D eigenvalue weighted by atomic mass is 9.78. The van der Waals surface area contributed by atoms with E-state index < -0.39 is 6.23 Å². The molecule has 3 nitrogen and oxygen atoms in total. The van der Waals surface area contributed by atoms with Gasteiger partial charge in [0.15, 0.2) is 0 Å². The fraction of sp³-hybridized carbons (Fsp3) is 0.529. The van der Waals surface area contributed by atoms with E-state index in [4.69, 9.17) is 23.2 Å². The Bertz CT molecular complexity index is 785. The van der Waals surface area contributed by atoms with E-state index in [0.29, 0.717) is 22.0 Å². The number of piperidine rings is 1. The SMILES string of the molecule is OC1C[C@H]2CCCN3CCc4c(n1c1cc(Cl)cc(Cl)c41)[C@@H]23. The zero-order valence-electron chi connectivity index (χ0n) is 12.2. The normalized spacial score (nSPS) is 30.6. The van der Waals surface area contributed by atoms with Gasteiger partial charge in [0.25, 0.3) is 0 Å². The van der Waals surface area contributed by atoms with Crippen molar-refractivity contribution in [3.8, 4) is 0 Å². The van der Waals surface area contributed by atoms with Crippen molar-refractivity contribution in [2.45, 2.75) is 38.0 Å². The summed E-state index contributed by atoms with van der Waals surface area (Å²) in [6, 6.07) is 4.23. The molecule has 5 rings (SSSR count). The molecule has 116 valence electrons. The number of aliphatic hydroxyl groups is 1. The van der Waals surface area contributed by atoms with E-state index in [1.165, 1.54) is 30.6 Å². The summed E-state index contributed by atoms with van der Waals surface area (Å²) in [6.07, 6.45) is 3.85. The molecule has 0 bridgehead atoms. The Morgan fingerprint density at radius 1 is 1.18 bits per heavy atom. The lowest BCUT2D eigenvalue weighted by Crippen LogP contribution is -2.47. The van der Waals surface area contributed by atoms with Gasteiger partial charge in [0.1, 0.15) is 6.23 Å². The van der Waals surface area contributed by atoms with Crippen LogP contribution in [0.4, 0.5) is 0 Å². The molecule has 2 aromatic rings. The van der Waals surface area contributed by atoms with Crippen LogP contribution in [0.15, 0.2) is 12.1 Å². The average Bonchev–Trinajstić information content (AvgIpc) is 2.81. The number of aliphatic hydroxyl groups excluding tert-OH is 1. The van der Waals surface area contributed by atoms with E-state index in [2.05, 4.69) is 9.47 Å². The number of rotatable bonds is 0. The molecule has 0 saturated carbocycles. The van der Waals surface area contributed by atoms with Gasteiger partial charge in [-0.25, -0.2) is 0 Å². The molecule has 5 heteroatoms. The van der Waals surface area contributed by atoms with Gasteiger partial charge in [0.05, 0.1) is 16.6 Å². The van der Waals surface area contributed by atoms with Gasteiger partial charge < -0.3 is 9.67 Å². The van der Waals surface area contributed by atoms with Crippen LogP contribution in [0, 0.1) is 5.92 Å². The topological polar surface area (TPSA) is 28.4 Å². The summed E-state index contributed by atoms with van der Waals surface area (Å²) in [5, 5.41) is 13.2. The molecule has 3 aliphatic heterocycles. The van der Waals surface area contributed by atoms with Crippen LogP contribution in [0.3, 0.4) is 0 Å². The highest BCUT2D eigenvalue weighted by molar-refractivity contribution is 6.39. The van der Waals surface area contributed by atoms with Crippen LogP contribution in [-0.4, -0.2) is 27.7 Å². The third-order valence-corrected chi connectivity index (χ3v) is 6.28. The summed E-state index contributed by atoms with van der Waals surface area (Å²) in [6.45, 7) is 2.27. The van der Waals surface area contributed by atoms with Crippen LogP contribution in [-0.2, 0) is 6.42 Å². The minimum atomic E-state index is -0.458. The summed E-state index contributed by atoms with van der Waals surface area (Å²) in [5.41, 5.74) is 3.64. The minimum Gasteiger partial charge on any atom is -0.373 e. The van der Waals surface area contributed by atoms with E-state index >= 15 is 0 Å². The summed E-state index contributed by atoms with van der Waals surface area (Å²) in [5.74, 6) is 0.564. The Hall–Kier alpha value is -0.740. The van der Waals surface area contributed by atoms with Gasteiger partial charge in [-0.05, 0) is 55.8 Å². The fourth-order valence-electron chi connectivity index (χ4n) is 5.02. The molecule has 4 heterocycles. The molecule has 0 radical (unpaired) electrons. The van der Waals surface area contributed by atoms with Gasteiger partial charge >= 0.3 is 0 Å². The first-order chi connectivity index (χ1) is 10.6. The maximum absolute atomic E-state index is 10.8. The number of hydrogen-bond acceptors (Lipinski definition) is 2.